The number of rotatable bonds is 7. The van der Waals surface area contributed by atoms with Crippen molar-refractivity contribution in [1.82, 2.24) is 24.5 Å². The smallest absolute Gasteiger partial charge is 0.259 e. The maximum Gasteiger partial charge on any atom is 0.259 e. The molecule has 0 radical (unpaired) electrons. The molecule has 0 aliphatic rings. The minimum Gasteiger partial charge on any atom is -0.380 e. The molecule has 0 aliphatic heterocycles. The third-order valence-electron chi connectivity index (χ3n) is 4.63. The van der Waals surface area contributed by atoms with E-state index in [0.717, 1.165) is 22.5 Å². The predicted molar refractivity (Wildman–Crippen MR) is 108 cm³/mol. The lowest BCUT2D eigenvalue weighted by atomic mass is 10.1. The SMILES string of the molecule is C=CCNc1c(C(=O)N(CC)CC)c2nnc(C(C)C)n2c2ncccc12. The first kappa shape index (κ1) is 18.8. The van der Waals surface area contributed by atoms with Crippen molar-refractivity contribution in [1.29, 1.82) is 0 Å². The van der Waals surface area contributed by atoms with Gasteiger partial charge in [-0.05, 0) is 26.0 Å². The number of fused-ring (bicyclic) bond motifs is 3. The van der Waals surface area contributed by atoms with Crippen LogP contribution in [0.5, 0.6) is 0 Å². The second-order valence-corrected chi connectivity index (χ2v) is 6.64. The highest BCUT2D eigenvalue weighted by atomic mass is 16.2. The molecule has 3 aromatic heterocycles. The van der Waals surface area contributed by atoms with Gasteiger partial charge in [-0.25, -0.2) is 4.98 Å². The summed E-state index contributed by atoms with van der Waals surface area (Å²) in [6.45, 7) is 13.6. The summed E-state index contributed by atoms with van der Waals surface area (Å²) in [5.74, 6) is 0.871. The van der Waals surface area contributed by atoms with Crippen LogP contribution in [0.2, 0.25) is 0 Å². The topological polar surface area (TPSA) is 75.4 Å². The van der Waals surface area contributed by atoms with Crippen molar-refractivity contribution in [2.24, 2.45) is 0 Å². The molecule has 0 saturated heterocycles. The number of pyridine rings is 2. The largest absolute Gasteiger partial charge is 0.380 e. The lowest BCUT2D eigenvalue weighted by Crippen LogP contribution is -2.31. The molecule has 1 N–H and O–H groups in total. The summed E-state index contributed by atoms with van der Waals surface area (Å²) in [7, 11) is 0. The van der Waals surface area contributed by atoms with E-state index in [1.165, 1.54) is 0 Å². The predicted octanol–water partition coefficient (Wildman–Crippen LogP) is 3.48. The van der Waals surface area contributed by atoms with Crippen LogP contribution in [0.3, 0.4) is 0 Å². The highest BCUT2D eigenvalue weighted by molar-refractivity contribution is 6.12. The van der Waals surface area contributed by atoms with Gasteiger partial charge in [0.1, 0.15) is 17.0 Å². The van der Waals surface area contributed by atoms with Gasteiger partial charge in [0.15, 0.2) is 5.65 Å². The van der Waals surface area contributed by atoms with Crippen molar-refractivity contribution >= 4 is 28.3 Å². The van der Waals surface area contributed by atoms with Gasteiger partial charge in [-0.2, -0.15) is 0 Å². The molecule has 7 nitrogen and oxygen atoms in total. The summed E-state index contributed by atoms with van der Waals surface area (Å²) in [4.78, 5) is 19.7. The molecule has 0 aliphatic carbocycles. The average molecular weight is 366 g/mol. The molecule has 0 unspecified atom stereocenters. The Morgan fingerprint density at radius 1 is 1.30 bits per heavy atom. The first-order valence-electron chi connectivity index (χ1n) is 9.34. The van der Waals surface area contributed by atoms with Gasteiger partial charge < -0.3 is 10.2 Å². The molecule has 7 heteroatoms. The van der Waals surface area contributed by atoms with Gasteiger partial charge in [0.05, 0.1) is 5.69 Å². The fraction of sp³-hybridized carbons (Fsp3) is 0.400. The summed E-state index contributed by atoms with van der Waals surface area (Å²) in [6.07, 6.45) is 3.51. The van der Waals surface area contributed by atoms with Gasteiger partial charge in [0, 0.05) is 37.1 Å². The van der Waals surface area contributed by atoms with E-state index in [1.807, 2.05) is 30.4 Å². The Morgan fingerprint density at radius 3 is 2.67 bits per heavy atom. The van der Waals surface area contributed by atoms with E-state index in [1.54, 1.807) is 17.2 Å². The zero-order valence-corrected chi connectivity index (χ0v) is 16.4. The molecular weight excluding hydrogens is 340 g/mol. The molecule has 0 spiro atoms. The second kappa shape index (κ2) is 7.73. The van der Waals surface area contributed by atoms with Crippen LogP contribution in [0, 0.1) is 0 Å². The number of carbonyl (C=O) groups is 1. The van der Waals surface area contributed by atoms with Crippen molar-refractivity contribution in [3.05, 3.63) is 42.4 Å². The molecule has 0 aromatic carbocycles. The summed E-state index contributed by atoms with van der Waals surface area (Å²) in [5.41, 5.74) is 2.53. The van der Waals surface area contributed by atoms with E-state index in [9.17, 15) is 4.79 Å². The second-order valence-electron chi connectivity index (χ2n) is 6.64. The number of carbonyl (C=O) groups excluding carboxylic acids is 1. The van der Waals surface area contributed by atoms with Gasteiger partial charge in [0.2, 0.25) is 0 Å². The van der Waals surface area contributed by atoms with Gasteiger partial charge in [-0.3, -0.25) is 9.20 Å². The van der Waals surface area contributed by atoms with Crippen LogP contribution in [0.4, 0.5) is 5.69 Å². The van der Waals surface area contributed by atoms with Crippen LogP contribution in [0.15, 0.2) is 31.0 Å². The van der Waals surface area contributed by atoms with E-state index in [0.29, 0.717) is 30.8 Å². The third kappa shape index (κ3) is 3.13. The summed E-state index contributed by atoms with van der Waals surface area (Å²) in [5, 5.41) is 13.0. The maximum atomic E-state index is 13.4. The molecule has 0 saturated carbocycles. The van der Waals surface area contributed by atoms with Crippen molar-refractivity contribution in [2.45, 2.75) is 33.6 Å². The summed E-state index contributed by atoms with van der Waals surface area (Å²) < 4.78 is 1.91. The minimum absolute atomic E-state index is 0.0648. The molecule has 142 valence electrons. The quantitative estimate of drug-likeness (QED) is 0.648. The Labute approximate surface area is 159 Å². The van der Waals surface area contributed by atoms with Crippen LogP contribution >= 0.6 is 0 Å². The molecule has 3 rings (SSSR count). The number of hydrogen-bond acceptors (Lipinski definition) is 5. The Morgan fingerprint density at radius 2 is 2.04 bits per heavy atom. The monoisotopic (exact) mass is 366 g/mol. The molecule has 0 bridgehead atoms. The minimum atomic E-state index is -0.0648. The Hall–Kier alpha value is -2.96. The highest BCUT2D eigenvalue weighted by Crippen LogP contribution is 2.32. The van der Waals surface area contributed by atoms with Crippen molar-refractivity contribution in [3.63, 3.8) is 0 Å². The van der Waals surface area contributed by atoms with E-state index >= 15 is 0 Å². The van der Waals surface area contributed by atoms with E-state index < -0.39 is 0 Å². The van der Waals surface area contributed by atoms with E-state index in [2.05, 4.69) is 40.9 Å². The first-order chi connectivity index (χ1) is 13.0. The lowest BCUT2D eigenvalue weighted by molar-refractivity contribution is 0.0775. The number of anilines is 1. The Balaban J connectivity index is 2.45. The molecule has 3 aromatic rings. The fourth-order valence-corrected chi connectivity index (χ4v) is 3.29. The molecule has 0 fully saturated rings. The van der Waals surface area contributed by atoms with Crippen LogP contribution < -0.4 is 5.32 Å². The Bertz CT molecular complexity index is 987. The molecule has 0 atom stereocenters. The van der Waals surface area contributed by atoms with Crippen molar-refractivity contribution < 1.29 is 4.79 Å². The molecule has 1 amide bonds. The standard InChI is InChI=1S/C20H26N6O/c1-6-11-21-16-14-10-9-12-22-18(14)26-17(13(4)5)23-24-19(26)15(16)20(27)25(7-2)8-3/h6,9-10,12-13,21H,1,7-8,11H2,2-5H3. The van der Waals surface area contributed by atoms with Gasteiger partial charge in [-0.15, -0.1) is 16.8 Å². The lowest BCUT2D eigenvalue weighted by Gasteiger charge is -2.22. The fourth-order valence-electron chi connectivity index (χ4n) is 3.29. The summed E-state index contributed by atoms with van der Waals surface area (Å²) in [6, 6.07) is 3.84. The normalized spacial score (nSPS) is 11.3. The maximum absolute atomic E-state index is 13.4. The zero-order valence-electron chi connectivity index (χ0n) is 16.4. The molecule has 3 heterocycles. The summed E-state index contributed by atoms with van der Waals surface area (Å²) >= 11 is 0. The molecular formula is C20H26N6O. The van der Waals surface area contributed by atoms with Gasteiger partial charge in [0.25, 0.3) is 5.91 Å². The van der Waals surface area contributed by atoms with Crippen LogP contribution in [-0.4, -0.2) is 50.0 Å². The van der Waals surface area contributed by atoms with Crippen LogP contribution in [0.25, 0.3) is 16.7 Å². The van der Waals surface area contributed by atoms with Crippen LogP contribution in [0.1, 0.15) is 49.8 Å². The van der Waals surface area contributed by atoms with Gasteiger partial charge >= 0.3 is 0 Å². The number of nitrogens with zero attached hydrogens (tertiary/aromatic N) is 5. The average Bonchev–Trinajstić information content (AvgIpc) is 3.12. The number of hydrogen-bond donors (Lipinski definition) is 1. The molecule has 27 heavy (non-hydrogen) atoms. The van der Waals surface area contributed by atoms with Crippen molar-refractivity contribution in [3.8, 4) is 0 Å². The highest BCUT2D eigenvalue weighted by Gasteiger charge is 2.27. The number of aromatic nitrogens is 4. The van der Waals surface area contributed by atoms with Gasteiger partial charge in [-0.1, -0.05) is 19.9 Å². The number of amides is 1. The first-order valence-corrected chi connectivity index (χ1v) is 9.34. The van der Waals surface area contributed by atoms with E-state index in [-0.39, 0.29) is 11.8 Å². The van der Waals surface area contributed by atoms with Crippen molar-refractivity contribution in [2.75, 3.05) is 25.0 Å². The zero-order chi connectivity index (χ0) is 19.6. The third-order valence-corrected chi connectivity index (χ3v) is 4.63. The Kier molecular flexibility index (Phi) is 5.39. The number of nitrogens with one attached hydrogen (secondary N) is 1. The van der Waals surface area contributed by atoms with Crippen LogP contribution in [-0.2, 0) is 0 Å². The van der Waals surface area contributed by atoms with E-state index in [4.69, 9.17) is 0 Å².